The third-order valence-corrected chi connectivity index (χ3v) is 4.08. The smallest absolute Gasteiger partial charge is 0.220 e. The van der Waals surface area contributed by atoms with Crippen LogP contribution in [0.15, 0.2) is 0 Å². The Morgan fingerprint density at radius 1 is 1.33 bits per heavy atom. The number of nitrogens with one attached hydrogen (secondary N) is 2. The largest absolute Gasteiger partial charge is 0.359 e. The van der Waals surface area contributed by atoms with Gasteiger partial charge in [-0.05, 0) is 32.9 Å². The first-order valence-corrected chi connectivity index (χ1v) is 8.09. The van der Waals surface area contributed by atoms with Crippen LogP contribution in [0, 0.1) is 5.92 Å². The molecule has 0 aliphatic heterocycles. The summed E-state index contributed by atoms with van der Waals surface area (Å²) in [5, 5.41) is 2.57. The van der Waals surface area contributed by atoms with E-state index in [2.05, 4.69) is 38.3 Å². The summed E-state index contributed by atoms with van der Waals surface area (Å²) in [4.78, 5) is 26.2. The molecule has 124 valence electrons. The van der Waals surface area contributed by atoms with E-state index < -0.39 is 0 Å². The number of hydrogen-bond donors (Lipinski definition) is 2. The highest BCUT2D eigenvalue weighted by Gasteiger charge is 2.16. The van der Waals surface area contributed by atoms with E-state index >= 15 is 0 Å². The number of nitrogens with zero attached hydrogens (tertiary/aromatic N) is 1. The van der Waals surface area contributed by atoms with Crippen molar-refractivity contribution in [2.45, 2.75) is 45.1 Å². The summed E-state index contributed by atoms with van der Waals surface area (Å²) in [6.45, 7) is 4.39. The molecule has 0 radical (unpaired) electrons. The maximum absolute atomic E-state index is 11.3. The minimum atomic E-state index is -0.148. The van der Waals surface area contributed by atoms with E-state index in [0.717, 1.165) is 32.1 Å². The van der Waals surface area contributed by atoms with Gasteiger partial charge >= 0.3 is 0 Å². The molecule has 0 aromatic carbocycles. The predicted molar refractivity (Wildman–Crippen MR) is 86.5 cm³/mol. The highest BCUT2D eigenvalue weighted by atomic mass is 16.1. The Morgan fingerprint density at radius 3 is 2.48 bits per heavy atom. The summed E-state index contributed by atoms with van der Waals surface area (Å²) in [6.07, 6.45) is 5.33. The third kappa shape index (κ3) is 9.58. The molecule has 2 N–H and O–H groups in total. The summed E-state index contributed by atoms with van der Waals surface area (Å²) < 4.78 is 0. The number of carbonyl (C=O) groups excluding carboxylic acids is 2. The van der Waals surface area contributed by atoms with Crippen LogP contribution in [-0.4, -0.2) is 64.4 Å². The molecule has 0 rings (SSSR count). The maximum atomic E-state index is 11.3. The molecule has 2 atom stereocenters. The molecule has 0 bridgehead atoms. The lowest BCUT2D eigenvalue weighted by atomic mass is 10.00. The van der Waals surface area contributed by atoms with E-state index in [9.17, 15) is 9.59 Å². The molecule has 5 nitrogen and oxygen atoms in total. The fourth-order valence-electron chi connectivity index (χ4n) is 2.54. The van der Waals surface area contributed by atoms with Gasteiger partial charge in [0.2, 0.25) is 5.91 Å². The normalized spacial score (nSPS) is 14.2. The molecule has 0 saturated heterocycles. The van der Waals surface area contributed by atoms with E-state index in [4.69, 9.17) is 0 Å². The first kappa shape index (κ1) is 20.1. The highest BCUT2D eigenvalue weighted by molar-refractivity contribution is 5.78. The van der Waals surface area contributed by atoms with Crippen LogP contribution in [0.2, 0.25) is 0 Å². The maximum Gasteiger partial charge on any atom is 0.220 e. The predicted octanol–water partition coefficient (Wildman–Crippen LogP) is -0.0372. The molecular weight excluding hydrogens is 266 g/mol. The Morgan fingerprint density at radius 2 is 2.00 bits per heavy atom. The Kier molecular flexibility index (Phi) is 11.2. The number of quaternary nitrogens is 1. The van der Waals surface area contributed by atoms with Gasteiger partial charge in [0, 0.05) is 31.8 Å². The summed E-state index contributed by atoms with van der Waals surface area (Å²) in [7, 11) is 8.13. The zero-order valence-electron chi connectivity index (χ0n) is 14.4. The van der Waals surface area contributed by atoms with Gasteiger partial charge in [0.25, 0.3) is 0 Å². The first-order chi connectivity index (χ1) is 9.94. The van der Waals surface area contributed by atoms with Crippen molar-refractivity contribution in [2.75, 3.05) is 41.3 Å². The van der Waals surface area contributed by atoms with E-state index in [1.54, 1.807) is 7.05 Å². The minimum Gasteiger partial charge on any atom is -0.359 e. The second-order valence-electron chi connectivity index (χ2n) is 6.20. The zero-order chi connectivity index (χ0) is 16.3. The molecule has 0 saturated carbocycles. The number of aldehydes is 1. The van der Waals surface area contributed by atoms with Crippen molar-refractivity contribution in [3.63, 3.8) is 0 Å². The summed E-state index contributed by atoms with van der Waals surface area (Å²) in [5.41, 5.74) is 0. The number of amides is 1. The lowest BCUT2D eigenvalue weighted by molar-refractivity contribution is -0.858. The lowest BCUT2D eigenvalue weighted by Gasteiger charge is -2.27. The minimum absolute atomic E-state index is 0.0548. The van der Waals surface area contributed by atoms with Crippen molar-refractivity contribution in [1.29, 1.82) is 0 Å². The van der Waals surface area contributed by atoms with Crippen LogP contribution in [0.4, 0.5) is 0 Å². The van der Waals surface area contributed by atoms with Crippen molar-refractivity contribution in [1.82, 2.24) is 10.2 Å². The lowest BCUT2D eigenvalue weighted by Crippen LogP contribution is -3.05. The van der Waals surface area contributed by atoms with E-state index in [0.29, 0.717) is 12.5 Å². The van der Waals surface area contributed by atoms with Gasteiger partial charge in [-0.1, -0.05) is 6.92 Å². The van der Waals surface area contributed by atoms with Crippen LogP contribution < -0.4 is 10.2 Å². The van der Waals surface area contributed by atoms with Crippen LogP contribution in [0.1, 0.15) is 39.0 Å². The Balaban J connectivity index is 4.05. The van der Waals surface area contributed by atoms with Gasteiger partial charge in [-0.3, -0.25) is 4.79 Å². The molecule has 0 aliphatic rings. The average molecular weight is 300 g/mol. The first-order valence-electron chi connectivity index (χ1n) is 8.09. The molecule has 2 unspecified atom stereocenters. The van der Waals surface area contributed by atoms with Gasteiger partial charge in [0.05, 0.1) is 20.6 Å². The summed E-state index contributed by atoms with van der Waals surface area (Å²) in [6, 6.07) is 0.605. The molecule has 5 heteroatoms. The zero-order valence-corrected chi connectivity index (χ0v) is 14.4. The number of rotatable bonds is 12. The number of hydrogen-bond acceptors (Lipinski definition) is 3. The molecule has 0 spiro atoms. The van der Waals surface area contributed by atoms with Crippen molar-refractivity contribution in [3.05, 3.63) is 0 Å². The second kappa shape index (κ2) is 11.7. The van der Waals surface area contributed by atoms with Gasteiger partial charge in [0.1, 0.15) is 6.29 Å². The van der Waals surface area contributed by atoms with Crippen molar-refractivity contribution >= 4 is 12.2 Å². The average Bonchev–Trinajstić information content (AvgIpc) is 2.46. The van der Waals surface area contributed by atoms with Crippen LogP contribution in [-0.2, 0) is 9.59 Å². The molecular formula is C16H34N3O2+. The molecule has 0 aromatic rings. The van der Waals surface area contributed by atoms with E-state index in [-0.39, 0.29) is 11.8 Å². The molecule has 21 heavy (non-hydrogen) atoms. The van der Waals surface area contributed by atoms with Crippen LogP contribution in [0.25, 0.3) is 0 Å². The fraction of sp³-hybridized carbons (Fsp3) is 0.875. The van der Waals surface area contributed by atoms with E-state index in [1.807, 2.05) is 0 Å². The van der Waals surface area contributed by atoms with Gasteiger partial charge < -0.3 is 19.9 Å². The topological polar surface area (TPSA) is 53.9 Å². The van der Waals surface area contributed by atoms with Crippen molar-refractivity contribution in [2.24, 2.45) is 5.92 Å². The summed E-state index contributed by atoms with van der Waals surface area (Å²) in [5.74, 6) is -0.203. The Labute approximate surface area is 130 Å². The van der Waals surface area contributed by atoms with Crippen molar-refractivity contribution in [3.8, 4) is 0 Å². The van der Waals surface area contributed by atoms with Gasteiger partial charge in [-0.25, -0.2) is 0 Å². The monoisotopic (exact) mass is 300 g/mol. The van der Waals surface area contributed by atoms with Gasteiger partial charge in [-0.2, -0.15) is 0 Å². The Hall–Kier alpha value is -0.940. The highest BCUT2D eigenvalue weighted by Crippen LogP contribution is 2.12. The molecule has 0 fully saturated rings. The van der Waals surface area contributed by atoms with E-state index in [1.165, 1.54) is 17.9 Å². The van der Waals surface area contributed by atoms with Crippen LogP contribution >= 0.6 is 0 Å². The van der Waals surface area contributed by atoms with Crippen molar-refractivity contribution < 1.29 is 14.5 Å². The fourth-order valence-corrected chi connectivity index (χ4v) is 2.54. The van der Waals surface area contributed by atoms with Crippen LogP contribution in [0.3, 0.4) is 0 Å². The molecule has 0 aliphatic carbocycles. The standard InChI is InChI=1S/C16H33N3O2/c1-6-15(9-11-18(3)4)19(5)10-7-8-14(13-20)12-16(21)17-2/h13-15H,6-12H2,1-5H3,(H,17,21)/p+1. The molecule has 0 aromatic heterocycles. The SMILES string of the molecule is CCC(CC[NH+](C)C)N(C)CCCC(C=O)CC(=O)NC. The molecule has 0 heterocycles. The second-order valence-corrected chi connectivity index (χ2v) is 6.20. The van der Waals surface area contributed by atoms with Gasteiger partial charge in [-0.15, -0.1) is 0 Å². The summed E-state index contributed by atoms with van der Waals surface area (Å²) >= 11 is 0. The van der Waals surface area contributed by atoms with Crippen LogP contribution in [0.5, 0.6) is 0 Å². The van der Waals surface area contributed by atoms with Gasteiger partial charge in [0.15, 0.2) is 0 Å². The quantitative estimate of drug-likeness (QED) is 0.498. The Bertz CT molecular complexity index is 295. The third-order valence-electron chi connectivity index (χ3n) is 4.08. The number of carbonyl (C=O) groups is 2. The molecule has 1 amide bonds.